The van der Waals surface area contributed by atoms with E-state index in [0.717, 1.165) is 10.0 Å². The second kappa shape index (κ2) is 5.05. The van der Waals surface area contributed by atoms with Gasteiger partial charge in [0.15, 0.2) is 0 Å². The van der Waals surface area contributed by atoms with Crippen LogP contribution >= 0.6 is 15.9 Å². The number of carbonyl (C=O) groups is 1. The van der Waals surface area contributed by atoms with Gasteiger partial charge in [-0.25, -0.2) is 14.8 Å². The number of rotatable bonds is 3. The van der Waals surface area contributed by atoms with Gasteiger partial charge in [-0.05, 0) is 17.7 Å². The van der Waals surface area contributed by atoms with E-state index < -0.39 is 5.97 Å². The fourth-order valence-electron chi connectivity index (χ4n) is 1.34. The molecule has 0 aliphatic rings. The molecule has 0 amide bonds. The molecule has 1 heterocycles. The Morgan fingerprint density at radius 3 is 2.29 bits per heavy atom. The summed E-state index contributed by atoms with van der Waals surface area (Å²) < 4.78 is 1.02. The van der Waals surface area contributed by atoms with Gasteiger partial charge < -0.3 is 5.11 Å². The highest BCUT2D eigenvalue weighted by molar-refractivity contribution is 9.10. The number of hydrogen-bond acceptors (Lipinski definition) is 3. The predicted octanol–water partition coefficient (Wildman–Crippen LogP) is 2.53. The zero-order valence-corrected chi connectivity index (χ0v) is 10.4. The molecule has 0 aliphatic carbocycles. The van der Waals surface area contributed by atoms with Crippen LogP contribution in [0.5, 0.6) is 0 Å². The van der Waals surface area contributed by atoms with Gasteiger partial charge in [-0.15, -0.1) is 0 Å². The van der Waals surface area contributed by atoms with E-state index in [1.807, 2.05) is 24.3 Å². The van der Waals surface area contributed by atoms with Crippen LogP contribution in [-0.4, -0.2) is 21.0 Å². The molecule has 0 bridgehead atoms. The fourth-order valence-corrected chi connectivity index (χ4v) is 1.61. The fraction of sp³-hybridized carbons (Fsp3) is 0.0833. The molecule has 0 unspecified atom stereocenters. The van der Waals surface area contributed by atoms with Crippen molar-refractivity contribution in [2.75, 3.05) is 0 Å². The lowest BCUT2D eigenvalue weighted by atomic mass is 10.1. The molecule has 0 spiro atoms. The monoisotopic (exact) mass is 292 g/mol. The Bertz CT molecular complexity index is 523. The van der Waals surface area contributed by atoms with Crippen LogP contribution in [0.25, 0.3) is 0 Å². The van der Waals surface area contributed by atoms with Gasteiger partial charge >= 0.3 is 5.97 Å². The third kappa shape index (κ3) is 3.10. The van der Waals surface area contributed by atoms with Gasteiger partial charge in [0.05, 0.1) is 5.56 Å². The first-order valence-electron chi connectivity index (χ1n) is 4.94. The molecule has 4 nitrogen and oxygen atoms in total. The smallest absolute Gasteiger partial charge is 0.338 e. The molecular weight excluding hydrogens is 284 g/mol. The highest BCUT2D eigenvalue weighted by atomic mass is 79.9. The molecule has 0 atom stereocenters. The lowest BCUT2D eigenvalue weighted by molar-refractivity contribution is 0.0696. The SMILES string of the molecule is O=C(O)c1cnc(Cc2ccc(Br)cc2)nc1. The first-order chi connectivity index (χ1) is 8.15. The predicted molar refractivity (Wildman–Crippen MR) is 65.9 cm³/mol. The van der Waals surface area contributed by atoms with Crippen LogP contribution in [0.15, 0.2) is 41.1 Å². The molecule has 2 rings (SSSR count). The van der Waals surface area contributed by atoms with Crippen molar-refractivity contribution < 1.29 is 9.90 Å². The number of carboxylic acids is 1. The maximum atomic E-state index is 10.6. The summed E-state index contributed by atoms with van der Waals surface area (Å²) in [6.45, 7) is 0. The number of carboxylic acid groups (broad SMARTS) is 1. The van der Waals surface area contributed by atoms with Gasteiger partial charge in [-0.2, -0.15) is 0 Å². The molecule has 5 heteroatoms. The summed E-state index contributed by atoms with van der Waals surface area (Å²) in [5, 5.41) is 8.71. The van der Waals surface area contributed by atoms with Crippen LogP contribution in [0.3, 0.4) is 0 Å². The first-order valence-corrected chi connectivity index (χ1v) is 5.73. The van der Waals surface area contributed by atoms with Crippen LogP contribution < -0.4 is 0 Å². The van der Waals surface area contributed by atoms with E-state index in [9.17, 15) is 4.79 Å². The molecule has 0 saturated carbocycles. The van der Waals surface area contributed by atoms with Crippen molar-refractivity contribution in [3.63, 3.8) is 0 Å². The molecular formula is C12H9BrN2O2. The Morgan fingerprint density at radius 1 is 1.18 bits per heavy atom. The average molecular weight is 293 g/mol. The van der Waals surface area contributed by atoms with Gasteiger partial charge in [0.2, 0.25) is 0 Å². The number of hydrogen-bond donors (Lipinski definition) is 1. The zero-order chi connectivity index (χ0) is 12.3. The van der Waals surface area contributed by atoms with Crippen molar-refractivity contribution in [2.24, 2.45) is 0 Å². The normalized spacial score (nSPS) is 10.2. The number of benzene rings is 1. The molecule has 0 radical (unpaired) electrons. The van der Waals surface area contributed by atoms with Gasteiger partial charge in [0, 0.05) is 23.3 Å². The number of aromatic nitrogens is 2. The van der Waals surface area contributed by atoms with Crippen molar-refractivity contribution in [3.8, 4) is 0 Å². The number of aromatic carboxylic acids is 1. The topological polar surface area (TPSA) is 63.1 Å². The first kappa shape index (κ1) is 11.7. The Kier molecular flexibility index (Phi) is 3.49. The largest absolute Gasteiger partial charge is 0.478 e. The van der Waals surface area contributed by atoms with Gasteiger partial charge in [-0.3, -0.25) is 0 Å². The molecule has 86 valence electrons. The molecule has 0 fully saturated rings. The Labute approximate surface area is 106 Å². The highest BCUT2D eigenvalue weighted by Crippen LogP contribution is 2.12. The zero-order valence-electron chi connectivity index (χ0n) is 8.80. The van der Waals surface area contributed by atoms with Crippen molar-refractivity contribution in [1.82, 2.24) is 9.97 Å². The lowest BCUT2D eigenvalue weighted by Crippen LogP contribution is -2.02. The summed E-state index contributed by atoms with van der Waals surface area (Å²) in [7, 11) is 0. The van der Waals surface area contributed by atoms with Crippen LogP contribution in [0, 0.1) is 0 Å². The van der Waals surface area contributed by atoms with E-state index in [0.29, 0.717) is 12.2 Å². The molecule has 0 saturated heterocycles. The highest BCUT2D eigenvalue weighted by Gasteiger charge is 2.04. The van der Waals surface area contributed by atoms with Crippen LogP contribution in [0.2, 0.25) is 0 Å². The van der Waals surface area contributed by atoms with Gasteiger partial charge in [-0.1, -0.05) is 28.1 Å². The van der Waals surface area contributed by atoms with E-state index in [-0.39, 0.29) is 5.56 Å². The second-order valence-corrected chi connectivity index (χ2v) is 4.41. The average Bonchev–Trinajstić information content (AvgIpc) is 2.33. The third-order valence-corrected chi connectivity index (χ3v) is 2.76. The minimum Gasteiger partial charge on any atom is -0.478 e. The molecule has 1 aromatic heterocycles. The van der Waals surface area contributed by atoms with Crippen molar-refractivity contribution in [3.05, 3.63) is 58.1 Å². The Balaban J connectivity index is 2.13. The Hall–Kier alpha value is -1.75. The molecule has 1 N–H and O–H groups in total. The maximum absolute atomic E-state index is 10.6. The molecule has 0 aliphatic heterocycles. The van der Waals surface area contributed by atoms with Gasteiger partial charge in [0.25, 0.3) is 0 Å². The summed E-state index contributed by atoms with van der Waals surface area (Å²) in [4.78, 5) is 18.7. The van der Waals surface area contributed by atoms with Crippen molar-refractivity contribution in [2.45, 2.75) is 6.42 Å². The molecule has 2 aromatic rings. The van der Waals surface area contributed by atoms with E-state index in [1.165, 1.54) is 12.4 Å². The Morgan fingerprint density at radius 2 is 1.76 bits per heavy atom. The summed E-state index contributed by atoms with van der Waals surface area (Å²) in [6.07, 6.45) is 3.24. The number of nitrogens with zero attached hydrogens (tertiary/aromatic N) is 2. The second-order valence-electron chi connectivity index (χ2n) is 3.50. The maximum Gasteiger partial charge on any atom is 0.338 e. The van der Waals surface area contributed by atoms with E-state index >= 15 is 0 Å². The molecule has 1 aromatic carbocycles. The van der Waals surface area contributed by atoms with Crippen molar-refractivity contribution >= 4 is 21.9 Å². The van der Waals surface area contributed by atoms with Crippen LogP contribution in [0.1, 0.15) is 21.7 Å². The minimum absolute atomic E-state index is 0.101. The van der Waals surface area contributed by atoms with Crippen LogP contribution in [-0.2, 0) is 6.42 Å². The standard InChI is InChI=1S/C12H9BrN2O2/c13-10-3-1-8(2-4-10)5-11-14-6-9(7-15-11)12(16)17/h1-4,6-7H,5H2,(H,16,17). The van der Waals surface area contributed by atoms with E-state index in [4.69, 9.17) is 5.11 Å². The summed E-state index contributed by atoms with van der Waals surface area (Å²) in [5.41, 5.74) is 1.18. The minimum atomic E-state index is -1.01. The van der Waals surface area contributed by atoms with Gasteiger partial charge in [0.1, 0.15) is 5.82 Å². The summed E-state index contributed by atoms with van der Waals surface area (Å²) >= 11 is 3.36. The lowest BCUT2D eigenvalue weighted by Gasteiger charge is -2.01. The summed E-state index contributed by atoms with van der Waals surface area (Å²) in [5.74, 6) is -0.405. The van der Waals surface area contributed by atoms with E-state index in [2.05, 4.69) is 25.9 Å². The molecule has 17 heavy (non-hydrogen) atoms. The quantitative estimate of drug-likeness (QED) is 0.944. The third-order valence-electron chi connectivity index (χ3n) is 2.23. The number of halogens is 1. The van der Waals surface area contributed by atoms with E-state index in [1.54, 1.807) is 0 Å². The summed E-state index contributed by atoms with van der Waals surface area (Å²) in [6, 6.07) is 7.83. The van der Waals surface area contributed by atoms with Crippen LogP contribution in [0.4, 0.5) is 0 Å². The van der Waals surface area contributed by atoms with Crippen molar-refractivity contribution in [1.29, 1.82) is 0 Å².